The minimum atomic E-state index is -2.85. The molecule has 4 nitrogen and oxygen atoms in total. The number of nitrogens with one attached hydrogen (secondary N) is 1. The average Bonchev–Trinajstić information content (AvgIpc) is 2.75. The fraction of sp³-hybridized carbons (Fsp3) is 0.357. The first-order chi connectivity index (χ1) is 10.0. The number of aromatic nitrogens is 2. The van der Waals surface area contributed by atoms with E-state index in [0.717, 1.165) is 11.3 Å². The lowest BCUT2D eigenvalue weighted by Crippen LogP contribution is -2.24. The Bertz CT molecular complexity index is 584. The van der Waals surface area contributed by atoms with Crippen LogP contribution in [0.25, 0.3) is 0 Å². The van der Waals surface area contributed by atoms with Crippen molar-refractivity contribution >= 4 is 11.6 Å². The quantitative estimate of drug-likeness (QED) is 0.888. The van der Waals surface area contributed by atoms with Crippen molar-refractivity contribution in [3.8, 4) is 5.75 Å². The Morgan fingerprint density at radius 1 is 1.43 bits per heavy atom. The Balaban J connectivity index is 2.39. The third kappa shape index (κ3) is 3.71. The maximum absolute atomic E-state index is 12.3. The first-order valence-electron chi connectivity index (χ1n) is 6.48. The summed E-state index contributed by atoms with van der Waals surface area (Å²) in [6, 6.07) is 6.31. The molecule has 0 spiro atoms. The minimum absolute atomic E-state index is 0.115. The average molecular weight is 316 g/mol. The van der Waals surface area contributed by atoms with Gasteiger partial charge in [0.15, 0.2) is 0 Å². The van der Waals surface area contributed by atoms with Gasteiger partial charge >= 0.3 is 6.61 Å². The second-order valence-electron chi connectivity index (χ2n) is 4.44. The molecule has 0 aliphatic carbocycles. The summed E-state index contributed by atoms with van der Waals surface area (Å²) in [6.07, 6.45) is 1.56. The van der Waals surface area contributed by atoms with Gasteiger partial charge in [0.25, 0.3) is 0 Å². The molecule has 0 fully saturated rings. The fourth-order valence-corrected chi connectivity index (χ4v) is 2.47. The lowest BCUT2D eigenvalue weighted by Gasteiger charge is -2.20. The fourth-order valence-electron chi connectivity index (χ4n) is 2.19. The summed E-state index contributed by atoms with van der Waals surface area (Å²) in [5.74, 6) is 0.115. The summed E-state index contributed by atoms with van der Waals surface area (Å²) in [4.78, 5) is 0. The molecule has 0 aliphatic heterocycles. The molecule has 114 valence electrons. The molecule has 0 saturated carbocycles. The molecule has 2 aromatic rings. The van der Waals surface area contributed by atoms with Crippen LogP contribution in [0.4, 0.5) is 8.78 Å². The van der Waals surface area contributed by atoms with Gasteiger partial charge in [-0.1, -0.05) is 30.7 Å². The summed E-state index contributed by atoms with van der Waals surface area (Å²) >= 11 is 6.17. The first kappa shape index (κ1) is 15.7. The molecule has 0 aliphatic rings. The van der Waals surface area contributed by atoms with Gasteiger partial charge in [-0.15, -0.1) is 0 Å². The molecule has 7 heteroatoms. The van der Waals surface area contributed by atoms with Gasteiger partial charge in [-0.25, -0.2) is 0 Å². The number of benzene rings is 1. The Hall–Kier alpha value is -1.66. The van der Waals surface area contributed by atoms with Crippen LogP contribution in [0.2, 0.25) is 5.02 Å². The Kier molecular flexibility index (Phi) is 5.14. The van der Waals surface area contributed by atoms with E-state index in [2.05, 4.69) is 15.2 Å². The summed E-state index contributed by atoms with van der Waals surface area (Å²) in [6.45, 7) is -0.207. The van der Waals surface area contributed by atoms with E-state index >= 15 is 0 Å². The number of ether oxygens (including phenoxy) is 1. The largest absolute Gasteiger partial charge is 0.435 e. The van der Waals surface area contributed by atoms with Crippen LogP contribution in [0.1, 0.15) is 24.2 Å². The molecule has 1 N–H and O–H groups in total. The van der Waals surface area contributed by atoms with E-state index in [1.54, 1.807) is 30.1 Å². The van der Waals surface area contributed by atoms with Gasteiger partial charge < -0.3 is 10.1 Å². The van der Waals surface area contributed by atoms with E-state index in [4.69, 9.17) is 11.6 Å². The lowest BCUT2D eigenvalue weighted by molar-refractivity contribution is -0.0498. The van der Waals surface area contributed by atoms with Gasteiger partial charge in [0, 0.05) is 7.05 Å². The van der Waals surface area contributed by atoms with Crippen molar-refractivity contribution < 1.29 is 13.5 Å². The van der Waals surface area contributed by atoms with E-state index in [0.29, 0.717) is 11.6 Å². The van der Waals surface area contributed by atoms with Crippen LogP contribution in [0.15, 0.2) is 30.5 Å². The maximum atomic E-state index is 12.3. The molecule has 1 aromatic carbocycles. The normalized spacial score (nSPS) is 12.7. The molecule has 21 heavy (non-hydrogen) atoms. The first-order valence-corrected chi connectivity index (χ1v) is 6.86. The van der Waals surface area contributed by atoms with E-state index in [1.807, 2.05) is 13.0 Å². The minimum Gasteiger partial charge on any atom is -0.435 e. The summed E-state index contributed by atoms with van der Waals surface area (Å²) < 4.78 is 30.8. The summed E-state index contributed by atoms with van der Waals surface area (Å²) in [5.41, 5.74) is 1.55. The van der Waals surface area contributed by atoms with Crippen molar-refractivity contribution in [1.82, 2.24) is 15.1 Å². The Labute approximate surface area is 126 Å². The van der Waals surface area contributed by atoms with Crippen LogP contribution in [-0.4, -0.2) is 22.9 Å². The smallest absolute Gasteiger partial charge is 0.387 e. The number of aryl methyl sites for hydroxylation is 1. The monoisotopic (exact) mass is 315 g/mol. The van der Waals surface area contributed by atoms with Gasteiger partial charge in [-0.3, -0.25) is 4.68 Å². The van der Waals surface area contributed by atoms with Crippen LogP contribution < -0.4 is 10.1 Å². The zero-order valence-corrected chi connectivity index (χ0v) is 12.4. The van der Waals surface area contributed by atoms with E-state index in [9.17, 15) is 8.78 Å². The van der Waals surface area contributed by atoms with E-state index in [1.165, 1.54) is 6.07 Å². The van der Waals surface area contributed by atoms with Crippen LogP contribution in [0.3, 0.4) is 0 Å². The zero-order valence-electron chi connectivity index (χ0n) is 11.7. The standard InChI is InChI=1S/C14H16ClF2N3O/c1-3-18-12(13-11(15)8-19-20(13)2)9-5-4-6-10(7-9)21-14(16)17/h4-8,12,14,18H,3H2,1-2H3. The topological polar surface area (TPSA) is 39.1 Å². The van der Waals surface area contributed by atoms with Crippen molar-refractivity contribution in [3.63, 3.8) is 0 Å². The highest BCUT2D eigenvalue weighted by Crippen LogP contribution is 2.30. The Morgan fingerprint density at radius 3 is 2.76 bits per heavy atom. The molecule has 0 radical (unpaired) electrons. The zero-order chi connectivity index (χ0) is 15.4. The van der Waals surface area contributed by atoms with Crippen molar-refractivity contribution in [3.05, 3.63) is 46.7 Å². The molecule has 0 amide bonds. The van der Waals surface area contributed by atoms with Crippen LogP contribution in [0, 0.1) is 0 Å². The molecular weight excluding hydrogens is 300 g/mol. The molecule has 1 unspecified atom stereocenters. The number of rotatable bonds is 6. The van der Waals surface area contributed by atoms with Gasteiger partial charge in [0.1, 0.15) is 5.75 Å². The van der Waals surface area contributed by atoms with Crippen LogP contribution in [0.5, 0.6) is 5.75 Å². The Morgan fingerprint density at radius 2 is 2.19 bits per heavy atom. The third-order valence-corrected chi connectivity index (χ3v) is 3.33. The van der Waals surface area contributed by atoms with Crippen molar-refractivity contribution in [2.24, 2.45) is 7.05 Å². The lowest BCUT2D eigenvalue weighted by atomic mass is 10.0. The number of alkyl halides is 2. The van der Waals surface area contributed by atoms with E-state index < -0.39 is 6.61 Å². The van der Waals surface area contributed by atoms with Gasteiger partial charge in [-0.05, 0) is 24.2 Å². The molecule has 2 rings (SSSR count). The second-order valence-corrected chi connectivity index (χ2v) is 4.85. The highest BCUT2D eigenvalue weighted by molar-refractivity contribution is 6.31. The van der Waals surface area contributed by atoms with Gasteiger partial charge in [0.05, 0.1) is 23.0 Å². The summed E-state index contributed by atoms with van der Waals surface area (Å²) in [7, 11) is 1.78. The second kappa shape index (κ2) is 6.87. The molecular formula is C14H16ClF2N3O. The molecule has 0 saturated heterocycles. The van der Waals surface area contributed by atoms with Gasteiger partial charge in [-0.2, -0.15) is 13.9 Å². The van der Waals surface area contributed by atoms with Crippen molar-refractivity contribution in [2.45, 2.75) is 19.6 Å². The maximum Gasteiger partial charge on any atom is 0.387 e. The molecule has 0 bridgehead atoms. The highest BCUT2D eigenvalue weighted by Gasteiger charge is 2.21. The molecule has 1 atom stereocenters. The van der Waals surface area contributed by atoms with E-state index in [-0.39, 0.29) is 11.8 Å². The third-order valence-electron chi connectivity index (χ3n) is 3.04. The van der Waals surface area contributed by atoms with Gasteiger partial charge in [0.2, 0.25) is 0 Å². The number of nitrogens with zero attached hydrogens (tertiary/aromatic N) is 2. The summed E-state index contributed by atoms with van der Waals surface area (Å²) in [5, 5.41) is 7.90. The van der Waals surface area contributed by atoms with Crippen molar-refractivity contribution in [1.29, 1.82) is 0 Å². The molecule has 1 heterocycles. The van der Waals surface area contributed by atoms with Crippen LogP contribution in [-0.2, 0) is 7.05 Å². The van der Waals surface area contributed by atoms with Crippen LogP contribution >= 0.6 is 11.6 Å². The number of hydrogen-bond donors (Lipinski definition) is 1. The number of hydrogen-bond acceptors (Lipinski definition) is 3. The highest BCUT2D eigenvalue weighted by atomic mass is 35.5. The molecule has 1 aromatic heterocycles. The van der Waals surface area contributed by atoms with Crippen molar-refractivity contribution in [2.75, 3.05) is 6.54 Å². The number of halogens is 3. The predicted molar refractivity (Wildman–Crippen MR) is 76.8 cm³/mol. The predicted octanol–water partition coefficient (Wildman–Crippen LogP) is 3.37. The SMILES string of the molecule is CCNC(c1cccc(OC(F)F)c1)c1c(Cl)cnn1C.